The predicted molar refractivity (Wildman–Crippen MR) is 111 cm³/mol. The van der Waals surface area contributed by atoms with Crippen LogP contribution in [0.2, 0.25) is 0 Å². The van der Waals surface area contributed by atoms with Crippen molar-refractivity contribution in [1.82, 2.24) is 4.90 Å². The average molecular weight is 393 g/mol. The van der Waals surface area contributed by atoms with Gasteiger partial charge in [-0.1, -0.05) is 36.4 Å². The van der Waals surface area contributed by atoms with Crippen molar-refractivity contribution in [1.29, 1.82) is 0 Å². The molecule has 3 rings (SSSR count). The Kier molecular flexibility index (Phi) is 6.09. The van der Waals surface area contributed by atoms with Crippen molar-refractivity contribution >= 4 is 17.3 Å². The minimum atomic E-state index is -0.650. The van der Waals surface area contributed by atoms with E-state index in [1.54, 1.807) is 19.1 Å². The molecule has 150 valence electrons. The van der Waals surface area contributed by atoms with Gasteiger partial charge in [-0.3, -0.25) is 19.8 Å². The molecular formula is C22H23N3O4. The van der Waals surface area contributed by atoms with Crippen LogP contribution in [0, 0.1) is 24.0 Å². The van der Waals surface area contributed by atoms with Crippen molar-refractivity contribution in [2.75, 3.05) is 12.4 Å². The summed E-state index contributed by atoms with van der Waals surface area (Å²) in [5.74, 6) is 1.18. The topological polar surface area (TPSA) is 88.6 Å². The number of benzene rings is 2. The van der Waals surface area contributed by atoms with E-state index >= 15 is 0 Å². The minimum absolute atomic E-state index is 0.130. The van der Waals surface area contributed by atoms with Crippen molar-refractivity contribution in [2.24, 2.45) is 0 Å². The van der Waals surface area contributed by atoms with Gasteiger partial charge in [0.15, 0.2) is 0 Å². The lowest BCUT2D eigenvalue weighted by Gasteiger charge is -2.27. The number of aryl methyl sites for hydroxylation is 2. The second-order valence-corrected chi connectivity index (χ2v) is 7.01. The van der Waals surface area contributed by atoms with Gasteiger partial charge in [0.25, 0.3) is 5.69 Å². The third-order valence-corrected chi connectivity index (χ3v) is 4.61. The summed E-state index contributed by atoms with van der Waals surface area (Å²) in [6.45, 7) is 4.04. The zero-order valence-corrected chi connectivity index (χ0v) is 16.6. The highest BCUT2D eigenvalue weighted by molar-refractivity contribution is 5.97. The highest BCUT2D eigenvalue weighted by atomic mass is 16.6. The van der Waals surface area contributed by atoms with E-state index in [1.165, 1.54) is 6.07 Å². The van der Waals surface area contributed by atoms with Gasteiger partial charge in [0.2, 0.25) is 5.91 Å². The molecule has 2 aromatic carbocycles. The van der Waals surface area contributed by atoms with E-state index in [4.69, 9.17) is 4.42 Å². The Bertz CT molecular complexity index is 1010. The molecule has 0 bridgehead atoms. The molecule has 0 saturated carbocycles. The molecular weight excluding hydrogens is 370 g/mol. The molecule has 0 aliphatic rings. The van der Waals surface area contributed by atoms with Crippen LogP contribution in [0.1, 0.15) is 28.7 Å². The number of rotatable bonds is 7. The highest BCUT2D eigenvalue weighted by Crippen LogP contribution is 2.29. The smallest absolute Gasteiger partial charge is 0.293 e. The molecule has 1 aromatic heterocycles. The van der Waals surface area contributed by atoms with E-state index in [1.807, 2.05) is 61.3 Å². The van der Waals surface area contributed by atoms with Crippen LogP contribution in [0.25, 0.3) is 0 Å². The molecule has 1 N–H and O–H groups in total. The first-order valence-electron chi connectivity index (χ1n) is 9.21. The molecule has 0 saturated heterocycles. The number of amides is 1. The van der Waals surface area contributed by atoms with Gasteiger partial charge in [-0.05, 0) is 50.2 Å². The van der Waals surface area contributed by atoms with Crippen LogP contribution in [-0.2, 0) is 11.3 Å². The fourth-order valence-electron chi connectivity index (χ4n) is 3.25. The van der Waals surface area contributed by atoms with Crippen LogP contribution in [0.5, 0.6) is 0 Å². The number of furan rings is 1. The fraction of sp³-hybridized carbons (Fsp3) is 0.227. The molecule has 7 heteroatoms. The zero-order chi connectivity index (χ0) is 21.0. The highest BCUT2D eigenvalue weighted by Gasteiger charge is 2.28. The van der Waals surface area contributed by atoms with Crippen molar-refractivity contribution in [3.8, 4) is 0 Å². The number of nitro benzene ring substituents is 1. The van der Waals surface area contributed by atoms with E-state index in [2.05, 4.69) is 5.32 Å². The van der Waals surface area contributed by atoms with Gasteiger partial charge in [-0.2, -0.15) is 0 Å². The van der Waals surface area contributed by atoms with Crippen LogP contribution in [0.4, 0.5) is 11.4 Å². The quantitative estimate of drug-likeness (QED) is 0.467. The van der Waals surface area contributed by atoms with E-state index in [-0.39, 0.29) is 17.3 Å². The van der Waals surface area contributed by atoms with Crippen molar-refractivity contribution < 1.29 is 14.1 Å². The number of anilines is 1. The Morgan fingerprint density at radius 3 is 2.48 bits per heavy atom. The maximum absolute atomic E-state index is 13.2. The predicted octanol–water partition coefficient (Wildman–Crippen LogP) is 4.62. The molecule has 0 spiro atoms. The summed E-state index contributed by atoms with van der Waals surface area (Å²) >= 11 is 0. The summed E-state index contributed by atoms with van der Waals surface area (Å²) in [5.41, 5.74) is 1.58. The molecule has 0 aliphatic heterocycles. The van der Waals surface area contributed by atoms with Gasteiger partial charge in [-0.25, -0.2) is 0 Å². The third kappa shape index (κ3) is 4.89. The number of nitro groups is 1. The molecule has 1 amide bonds. The molecule has 0 fully saturated rings. The monoisotopic (exact) mass is 393 g/mol. The number of nitrogens with zero attached hydrogens (tertiary/aromatic N) is 2. The van der Waals surface area contributed by atoms with E-state index in [9.17, 15) is 14.9 Å². The number of carbonyl (C=O) groups excluding carboxylic acids is 1. The maximum Gasteiger partial charge on any atom is 0.293 e. The van der Waals surface area contributed by atoms with E-state index in [0.29, 0.717) is 6.54 Å². The van der Waals surface area contributed by atoms with Gasteiger partial charge in [0.1, 0.15) is 23.2 Å². The second kappa shape index (κ2) is 8.70. The first-order chi connectivity index (χ1) is 13.8. The Hall–Kier alpha value is -3.45. The lowest BCUT2D eigenvalue weighted by atomic mass is 10.0. The summed E-state index contributed by atoms with van der Waals surface area (Å²) in [6, 6.07) is 17.1. The first-order valence-corrected chi connectivity index (χ1v) is 9.21. The average Bonchev–Trinajstić information content (AvgIpc) is 3.08. The van der Waals surface area contributed by atoms with Crippen molar-refractivity contribution in [3.63, 3.8) is 0 Å². The Balaban J connectivity index is 1.90. The van der Waals surface area contributed by atoms with Crippen molar-refractivity contribution in [3.05, 3.63) is 93.4 Å². The molecule has 7 nitrogen and oxygen atoms in total. The van der Waals surface area contributed by atoms with Crippen LogP contribution in [0.15, 0.2) is 65.1 Å². The van der Waals surface area contributed by atoms with Crippen LogP contribution in [-0.4, -0.2) is 22.8 Å². The van der Waals surface area contributed by atoms with Crippen molar-refractivity contribution in [2.45, 2.75) is 26.4 Å². The van der Waals surface area contributed by atoms with Gasteiger partial charge in [0.05, 0.1) is 11.5 Å². The lowest BCUT2D eigenvalue weighted by molar-refractivity contribution is -0.384. The number of nitrogens with one attached hydrogen (secondary N) is 1. The Morgan fingerprint density at radius 1 is 1.14 bits per heavy atom. The van der Waals surface area contributed by atoms with Crippen LogP contribution in [0.3, 0.4) is 0 Å². The molecule has 1 atom stereocenters. The SMILES string of the molecule is Cc1ccc(NC(=O)[C@@H](c2ccccc2)N(C)Cc2ccc(C)o2)c([N+](=O)[O-])c1. The Labute approximate surface area is 169 Å². The molecule has 0 radical (unpaired) electrons. The summed E-state index contributed by atoms with van der Waals surface area (Å²) in [5, 5.41) is 14.1. The third-order valence-electron chi connectivity index (χ3n) is 4.61. The molecule has 1 heterocycles. The molecule has 0 unspecified atom stereocenters. The fourth-order valence-corrected chi connectivity index (χ4v) is 3.25. The normalized spacial score (nSPS) is 12.0. The van der Waals surface area contributed by atoms with E-state index < -0.39 is 11.0 Å². The van der Waals surface area contributed by atoms with Crippen LogP contribution < -0.4 is 5.32 Å². The minimum Gasteiger partial charge on any atom is -0.465 e. The van der Waals surface area contributed by atoms with Gasteiger partial charge < -0.3 is 9.73 Å². The number of carbonyl (C=O) groups is 1. The summed E-state index contributed by atoms with van der Waals surface area (Å²) in [6.07, 6.45) is 0. The lowest BCUT2D eigenvalue weighted by Crippen LogP contribution is -2.34. The van der Waals surface area contributed by atoms with Gasteiger partial charge in [-0.15, -0.1) is 0 Å². The number of hydrogen-bond acceptors (Lipinski definition) is 5. The van der Waals surface area contributed by atoms with E-state index in [0.717, 1.165) is 22.6 Å². The first kappa shape index (κ1) is 20.3. The number of hydrogen-bond donors (Lipinski definition) is 1. The maximum atomic E-state index is 13.2. The molecule has 29 heavy (non-hydrogen) atoms. The number of likely N-dealkylation sites (N-methyl/N-ethyl adjacent to an activating group) is 1. The largest absolute Gasteiger partial charge is 0.465 e. The summed E-state index contributed by atoms with van der Waals surface area (Å²) < 4.78 is 5.64. The molecule has 3 aromatic rings. The summed E-state index contributed by atoms with van der Waals surface area (Å²) in [7, 11) is 1.82. The standard InChI is InChI=1S/C22H23N3O4/c1-15-9-12-19(20(13-15)25(27)28)23-22(26)21(17-7-5-4-6-8-17)24(3)14-18-11-10-16(2)29-18/h4-13,21H,14H2,1-3H3,(H,23,26)/t21-/m1/s1. The van der Waals surface area contributed by atoms with Gasteiger partial charge >= 0.3 is 0 Å². The zero-order valence-electron chi connectivity index (χ0n) is 16.6. The van der Waals surface area contributed by atoms with Gasteiger partial charge in [0, 0.05) is 6.07 Å². The second-order valence-electron chi connectivity index (χ2n) is 7.01. The summed E-state index contributed by atoms with van der Waals surface area (Å²) in [4.78, 5) is 26.0. The van der Waals surface area contributed by atoms with Crippen LogP contribution >= 0.6 is 0 Å². The Morgan fingerprint density at radius 2 is 1.86 bits per heavy atom. The molecule has 0 aliphatic carbocycles.